The van der Waals surface area contributed by atoms with Crippen LogP contribution < -0.4 is 19.6 Å². The van der Waals surface area contributed by atoms with Crippen molar-refractivity contribution >= 4 is 45.0 Å². The highest BCUT2D eigenvalue weighted by Gasteiger charge is 2.35. The molecule has 0 radical (unpaired) electrons. The minimum absolute atomic E-state index is 0.129. The van der Waals surface area contributed by atoms with Gasteiger partial charge in [0.15, 0.2) is 4.80 Å². The lowest BCUT2D eigenvalue weighted by Gasteiger charge is -2.25. The van der Waals surface area contributed by atoms with Gasteiger partial charge in [0.2, 0.25) is 0 Å². The number of hydrogen-bond donors (Lipinski definition) is 0. The number of ether oxygens (including phenoxy) is 2. The van der Waals surface area contributed by atoms with E-state index in [1.165, 1.54) is 28.0 Å². The summed E-state index contributed by atoms with van der Waals surface area (Å²) in [5.74, 6) is -0.465. The fourth-order valence-electron chi connectivity index (χ4n) is 5.19. The molecule has 0 spiro atoms. The zero-order valence-corrected chi connectivity index (χ0v) is 26.8. The third-order valence-electron chi connectivity index (χ3n) is 7.33. The van der Waals surface area contributed by atoms with Crippen LogP contribution in [0.25, 0.3) is 11.8 Å². The number of rotatable bonds is 8. The molecule has 10 heteroatoms. The summed E-state index contributed by atoms with van der Waals surface area (Å²) in [6.07, 6.45) is 1.75. The molecule has 1 aliphatic heterocycles. The smallest absolute Gasteiger partial charge is 0.338 e. The van der Waals surface area contributed by atoms with Crippen molar-refractivity contribution in [2.75, 3.05) is 6.61 Å². The third kappa shape index (κ3) is 6.20. The van der Waals surface area contributed by atoms with E-state index >= 15 is 0 Å². The van der Waals surface area contributed by atoms with Crippen LogP contribution >= 0.6 is 27.3 Å². The van der Waals surface area contributed by atoms with Crippen LogP contribution in [-0.2, 0) is 16.1 Å². The summed E-state index contributed by atoms with van der Waals surface area (Å²) in [5, 5.41) is 9.37. The van der Waals surface area contributed by atoms with Gasteiger partial charge < -0.3 is 9.47 Å². The van der Waals surface area contributed by atoms with E-state index in [0.29, 0.717) is 41.9 Å². The van der Waals surface area contributed by atoms with Crippen molar-refractivity contribution in [3.05, 3.63) is 160 Å². The molecule has 0 N–H and O–H groups in total. The van der Waals surface area contributed by atoms with Crippen LogP contribution in [0.4, 0.5) is 4.39 Å². The Morgan fingerprint density at radius 1 is 1.07 bits per heavy atom. The molecule has 4 aromatic carbocycles. The Labute approximate surface area is 276 Å². The number of nitriles is 1. The number of carbonyl (C=O) groups is 1. The molecule has 6 rings (SSSR count). The summed E-state index contributed by atoms with van der Waals surface area (Å²) in [4.78, 5) is 32.8. The Kier molecular flexibility index (Phi) is 9.06. The van der Waals surface area contributed by atoms with Crippen molar-refractivity contribution in [3.8, 4) is 11.8 Å². The molecule has 1 aromatic heterocycles. The zero-order chi connectivity index (χ0) is 32.2. The second-order valence-electron chi connectivity index (χ2n) is 10.2. The molecule has 1 aliphatic rings. The standard InChI is InChI=1S/C36H25BrFN3O4S/c1-2-44-35(43)31-32(23-8-4-3-5-9-23)40-36-41(33(31)24-13-15-27(38)16-14-24)34(42)30(46-36)19-22-12-17-29(28(37)18-22)45-21-26-11-7-6-10-25(26)20-39/h3-19,33H,2,21H2,1H3/b30-19-/t33-/m0/s1. The minimum atomic E-state index is -0.896. The highest BCUT2D eigenvalue weighted by molar-refractivity contribution is 9.10. The van der Waals surface area contributed by atoms with E-state index in [1.54, 1.807) is 43.3 Å². The molecule has 0 fully saturated rings. The lowest BCUT2D eigenvalue weighted by atomic mass is 9.93. The van der Waals surface area contributed by atoms with Gasteiger partial charge >= 0.3 is 5.97 Å². The van der Waals surface area contributed by atoms with Crippen molar-refractivity contribution in [2.24, 2.45) is 4.99 Å². The number of halogens is 2. The number of hydrogen-bond acceptors (Lipinski definition) is 7. The molecule has 0 bridgehead atoms. The first-order valence-electron chi connectivity index (χ1n) is 14.3. The van der Waals surface area contributed by atoms with Crippen LogP contribution in [0.2, 0.25) is 0 Å². The number of fused-ring (bicyclic) bond motifs is 1. The van der Waals surface area contributed by atoms with Gasteiger partial charge in [0.1, 0.15) is 18.2 Å². The van der Waals surface area contributed by atoms with E-state index in [0.717, 1.165) is 11.1 Å². The van der Waals surface area contributed by atoms with Gasteiger partial charge in [-0.15, -0.1) is 0 Å². The summed E-state index contributed by atoms with van der Waals surface area (Å²) in [7, 11) is 0. The molecule has 0 unspecified atom stereocenters. The first kappa shape index (κ1) is 30.9. The number of esters is 1. The van der Waals surface area contributed by atoms with Crippen molar-refractivity contribution in [1.29, 1.82) is 5.26 Å². The van der Waals surface area contributed by atoms with Crippen LogP contribution in [0.5, 0.6) is 5.75 Å². The average molecular weight is 695 g/mol. The maximum atomic E-state index is 14.1. The summed E-state index contributed by atoms with van der Waals surface area (Å²) >= 11 is 4.76. The molecular weight excluding hydrogens is 669 g/mol. The van der Waals surface area contributed by atoms with E-state index in [4.69, 9.17) is 14.5 Å². The second kappa shape index (κ2) is 13.5. The Morgan fingerprint density at radius 2 is 1.80 bits per heavy atom. The predicted molar refractivity (Wildman–Crippen MR) is 177 cm³/mol. The maximum absolute atomic E-state index is 14.1. The van der Waals surface area contributed by atoms with Crippen molar-refractivity contribution in [1.82, 2.24) is 4.57 Å². The van der Waals surface area contributed by atoms with Crippen molar-refractivity contribution in [2.45, 2.75) is 19.6 Å². The van der Waals surface area contributed by atoms with Crippen LogP contribution in [0, 0.1) is 17.1 Å². The van der Waals surface area contributed by atoms with Crippen LogP contribution in [0.15, 0.2) is 117 Å². The summed E-state index contributed by atoms with van der Waals surface area (Å²) in [5.41, 5.74) is 3.52. The van der Waals surface area contributed by atoms with Gasteiger partial charge in [-0.25, -0.2) is 14.2 Å². The Bertz CT molecular complexity index is 2200. The Balaban J connectivity index is 1.45. The quantitative estimate of drug-likeness (QED) is 0.178. The minimum Gasteiger partial charge on any atom is -0.488 e. The number of nitrogens with zero attached hydrogens (tertiary/aromatic N) is 3. The van der Waals surface area contributed by atoms with Gasteiger partial charge in [-0.1, -0.05) is 78.1 Å². The molecule has 0 aliphatic carbocycles. The highest BCUT2D eigenvalue weighted by atomic mass is 79.9. The summed E-state index contributed by atoms with van der Waals surface area (Å²) in [6, 6.07) is 28.9. The van der Waals surface area contributed by atoms with E-state index in [1.807, 2.05) is 54.6 Å². The number of benzene rings is 4. The van der Waals surface area contributed by atoms with Gasteiger partial charge in [-0.05, 0) is 70.4 Å². The van der Waals surface area contributed by atoms with E-state index in [9.17, 15) is 19.2 Å². The summed E-state index contributed by atoms with van der Waals surface area (Å²) in [6.45, 7) is 2.06. The molecule has 228 valence electrons. The van der Waals surface area contributed by atoms with E-state index in [-0.39, 0.29) is 24.3 Å². The molecule has 7 nitrogen and oxygen atoms in total. The van der Waals surface area contributed by atoms with Gasteiger partial charge in [0.25, 0.3) is 5.56 Å². The van der Waals surface area contributed by atoms with Gasteiger partial charge in [0, 0.05) is 11.1 Å². The monoisotopic (exact) mass is 693 g/mol. The molecule has 46 heavy (non-hydrogen) atoms. The first-order valence-corrected chi connectivity index (χ1v) is 15.9. The fraction of sp³-hybridized carbons (Fsp3) is 0.111. The number of thiazole rings is 1. The third-order valence-corrected chi connectivity index (χ3v) is 8.94. The normalized spacial score (nSPS) is 14.3. The number of carbonyl (C=O) groups excluding carboxylic acids is 1. The lowest BCUT2D eigenvalue weighted by Crippen LogP contribution is -2.40. The van der Waals surface area contributed by atoms with E-state index in [2.05, 4.69) is 22.0 Å². The molecule has 0 saturated heterocycles. The topological polar surface area (TPSA) is 93.7 Å². The molecular formula is C36H25BrFN3O4S. The number of aromatic nitrogens is 1. The second-order valence-corrected chi connectivity index (χ2v) is 12.1. The molecule has 0 amide bonds. The highest BCUT2D eigenvalue weighted by Crippen LogP contribution is 2.35. The molecule has 5 aromatic rings. The van der Waals surface area contributed by atoms with Crippen LogP contribution in [0.3, 0.4) is 0 Å². The SMILES string of the molecule is CCOC(=O)C1=C(c2ccccc2)N=c2s/c(=C\c3ccc(OCc4ccccc4C#N)c(Br)c3)c(=O)n2[C@H]1c1ccc(F)cc1. The van der Waals surface area contributed by atoms with Gasteiger partial charge in [0.05, 0.1) is 44.6 Å². The Morgan fingerprint density at radius 3 is 2.52 bits per heavy atom. The van der Waals surface area contributed by atoms with Gasteiger partial charge in [-0.2, -0.15) is 5.26 Å². The Hall–Kier alpha value is -5.11. The average Bonchev–Trinajstić information content (AvgIpc) is 3.38. The first-order chi connectivity index (χ1) is 22.4. The molecule has 1 atom stereocenters. The fourth-order valence-corrected chi connectivity index (χ4v) is 6.70. The predicted octanol–water partition coefficient (Wildman–Crippen LogP) is 6.29. The molecule has 2 heterocycles. The lowest BCUT2D eigenvalue weighted by molar-refractivity contribution is -0.138. The van der Waals surface area contributed by atoms with Gasteiger partial charge in [-0.3, -0.25) is 9.36 Å². The zero-order valence-electron chi connectivity index (χ0n) is 24.4. The van der Waals surface area contributed by atoms with Crippen molar-refractivity contribution < 1.29 is 18.7 Å². The maximum Gasteiger partial charge on any atom is 0.338 e. The van der Waals surface area contributed by atoms with E-state index < -0.39 is 17.8 Å². The van der Waals surface area contributed by atoms with Crippen LogP contribution in [0.1, 0.15) is 40.8 Å². The largest absolute Gasteiger partial charge is 0.488 e. The summed E-state index contributed by atoms with van der Waals surface area (Å²) < 4.78 is 28.0. The van der Waals surface area contributed by atoms with Crippen molar-refractivity contribution in [3.63, 3.8) is 0 Å². The van der Waals surface area contributed by atoms with Crippen LogP contribution in [-0.4, -0.2) is 17.1 Å². The molecule has 0 saturated carbocycles.